The van der Waals surface area contributed by atoms with E-state index in [0.29, 0.717) is 10.7 Å². The van der Waals surface area contributed by atoms with Crippen molar-refractivity contribution >= 4 is 29.9 Å². The number of nitrogens with one attached hydrogen (secondary N) is 2. The Balaban J connectivity index is 0.00000176. The van der Waals surface area contributed by atoms with Crippen molar-refractivity contribution < 1.29 is 9.32 Å². The van der Waals surface area contributed by atoms with Crippen LogP contribution in [-0.4, -0.2) is 30.2 Å². The zero-order valence-corrected chi connectivity index (χ0v) is 13.4. The highest BCUT2D eigenvalue weighted by molar-refractivity contribution is 6.30. The highest BCUT2D eigenvalue weighted by Crippen LogP contribution is 2.22. The van der Waals surface area contributed by atoms with E-state index < -0.39 is 0 Å². The number of halogens is 2. The standard InChI is InChI=1S/C15H16ClN3O2.ClH/c16-11-3-1-2-10(8-11)13-9-14(21-19-13)15(20)18-12-4-6-17-7-5-12;/h1-3,8-9,12,17H,4-7H2,(H,18,20);1H. The van der Waals surface area contributed by atoms with Crippen molar-refractivity contribution in [2.75, 3.05) is 13.1 Å². The molecule has 0 bridgehead atoms. The van der Waals surface area contributed by atoms with Gasteiger partial charge in [-0.1, -0.05) is 28.9 Å². The van der Waals surface area contributed by atoms with Crippen LogP contribution in [0.5, 0.6) is 0 Å². The van der Waals surface area contributed by atoms with Crippen molar-refractivity contribution in [1.82, 2.24) is 15.8 Å². The van der Waals surface area contributed by atoms with Crippen LogP contribution in [-0.2, 0) is 0 Å². The molecule has 0 atom stereocenters. The molecule has 0 unspecified atom stereocenters. The molecule has 3 rings (SSSR count). The molecule has 1 fully saturated rings. The van der Waals surface area contributed by atoms with Crippen molar-refractivity contribution in [3.63, 3.8) is 0 Å². The fraction of sp³-hybridized carbons (Fsp3) is 0.333. The maximum atomic E-state index is 12.1. The summed E-state index contributed by atoms with van der Waals surface area (Å²) in [6.07, 6.45) is 1.86. The molecule has 1 aromatic carbocycles. The summed E-state index contributed by atoms with van der Waals surface area (Å²) in [5.74, 6) is 0.00573. The number of nitrogens with zero attached hydrogens (tertiary/aromatic N) is 1. The van der Waals surface area contributed by atoms with Crippen molar-refractivity contribution in [3.05, 3.63) is 41.1 Å². The molecule has 2 aromatic rings. The molecule has 5 nitrogen and oxygen atoms in total. The van der Waals surface area contributed by atoms with Gasteiger partial charge in [0, 0.05) is 22.7 Å². The second-order valence-electron chi connectivity index (χ2n) is 5.08. The lowest BCUT2D eigenvalue weighted by molar-refractivity contribution is 0.0892. The molecule has 0 saturated carbocycles. The number of aromatic nitrogens is 1. The summed E-state index contributed by atoms with van der Waals surface area (Å²) >= 11 is 5.95. The van der Waals surface area contributed by atoms with Gasteiger partial charge in [-0.3, -0.25) is 4.79 Å². The van der Waals surface area contributed by atoms with E-state index in [-0.39, 0.29) is 30.1 Å². The Hall–Kier alpha value is -1.56. The molecule has 7 heteroatoms. The van der Waals surface area contributed by atoms with Gasteiger partial charge in [0.2, 0.25) is 5.76 Å². The van der Waals surface area contributed by atoms with Crippen LogP contribution >= 0.6 is 24.0 Å². The van der Waals surface area contributed by atoms with E-state index in [4.69, 9.17) is 16.1 Å². The Morgan fingerprint density at radius 2 is 2.09 bits per heavy atom. The Morgan fingerprint density at radius 1 is 1.32 bits per heavy atom. The van der Waals surface area contributed by atoms with E-state index in [2.05, 4.69) is 15.8 Å². The van der Waals surface area contributed by atoms with Crippen molar-refractivity contribution in [2.45, 2.75) is 18.9 Å². The number of rotatable bonds is 3. The fourth-order valence-electron chi connectivity index (χ4n) is 2.39. The first-order valence-corrected chi connectivity index (χ1v) is 7.34. The molecule has 118 valence electrons. The summed E-state index contributed by atoms with van der Waals surface area (Å²) < 4.78 is 5.14. The van der Waals surface area contributed by atoms with Crippen molar-refractivity contribution in [2.24, 2.45) is 0 Å². The minimum atomic E-state index is -0.220. The van der Waals surface area contributed by atoms with Crippen LogP contribution in [0.3, 0.4) is 0 Å². The predicted octanol–water partition coefficient (Wildman–Crippen LogP) is 2.90. The van der Waals surface area contributed by atoms with Crippen molar-refractivity contribution in [1.29, 1.82) is 0 Å². The molecule has 1 aromatic heterocycles. The summed E-state index contributed by atoms with van der Waals surface area (Å²) in [6, 6.07) is 9.11. The zero-order chi connectivity index (χ0) is 14.7. The summed E-state index contributed by atoms with van der Waals surface area (Å²) in [6.45, 7) is 1.85. The lowest BCUT2D eigenvalue weighted by atomic mass is 10.1. The topological polar surface area (TPSA) is 67.2 Å². The number of carbonyl (C=O) groups excluding carboxylic acids is 1. The van der Waals surface area contributed by atoms with Crippen molar-refractivity contribution in [3.8, 4) is 11.3 Å². The number of hydrogen-bond donors (Lipinski definition) is 2. The summed E-state index contributed by atoms with van der Waals surface area (Å²) in [5.41, 5.74) is 1.43. The molecule has 22 heavy (non-hydrogen) atoms. The van der Waals surface area contributed by atoms with Gasteiger partial charge < -0.3 is 15.2 Å². The molecule has 0 spiro atoms. The molecule has 2 heterocycles. The van der Waals surface area contributed by atoms with Crippen LogP contribution in [0.1, 0.15) is 23.4 Å². The molecule has 1 aliphatic heterocycles. The molecular formula is C15H17Cl2N3O2. The number of piperidine rings is 1. The van der Waals surface area contributed by atoms with Gasteiger partial charge in [-0.2, -0.15) is 0 Å². The lowest BCUT2D eigenvalue weighted by Crippen LogP contribution is -2.42. The molecule has 1 aliphatic rings. The third kappa shape index (κ3) is 4.00. The van der Waals surface area contributed by atoms with Gasteiger partial charge in [0.1, 0.15) is 5.69 Å². The minimum Gasteiger partial charge on any atom is -0.350 e. The Morgan fingerprint density at radius 3 is 2.82 bits per heavy atom. The minimum absolute atomic E-state index is 0. The average molecular weight is 342 g/mol. The Bertz CT molecular complexity index is 639. The second-order valence-corrected chi connectivity index (χ2v) is 5.52. The lowest BCUT2D eigenvalue weighted by Gasteiger charge is -2.22. The first-order valence-electron chi connectivity index (χ1n) is 6.96. The summed E-state index contributed by atoms with van der Waals surface area (Å²) in [7, 11) is 0. The third-order valence-electron chi connectivity index (χ3n) is 3.53. The van der Waals surface area contributed by atoms with E-state index in [1.807, 2.05) is 12.1 Å². The Labute approximate surface area is 139 Å². The third-order valence-corrected chi connectivity index (χ3v) is 3.76. The molecule has 0 radical (unpaired) electrons. The predicted molar refractivity (Wildman–Crippen MR) is 87.6 cm³/mol. The van der Waals surface area contributed by atoms with Gasteiger partial charge in [0.05, 0.1) is 0 Å². The smallest absolute Gasteiger partial charge is 0.290 e. The van der Waals surface area contributed by atoms with Crippen LogP contribution in [0.4, 0.5) is 0 Å². The van der Waals surface area contributed by atoms with Crippen LogP contribution < -0.4 is 10.6 Å². The van der Waals surface area contributed by atoms with Gasteiger partial charge >= 0.3 is 0 Å². The van der Waals surface area contributed by atoms with Crippen LogP contribution in [0.2, 0.25) is 5.02 Å². The Kier molecular flexibility index (Phi) is 5.83. The van der Waals surface area contributed by atoms with E-state index in [1.54, 1.807) is 18.2 Å². The van der Waals surface area contributed by atoms with Crippen LogP contribution in [0.25, 0.3) is 11.3 Å². The molecule has 2 N–H and O–H groups in total. The van der Waals surface area contributed by atoms with Gasteiger partial charge in [-0.15, -0.1) is 12.4 Å². The summed E-state index contributed by atoms with van der Waals surface area (Å²) in [4.78, 5) is 12.1. The fourth-order valence-corrected chi connectivity index (χ4v) is 2.58. The van der Waals surface area contributed by atoms with Crippen LogP contribution in [0, 0.1) is 0 Å². The van der Waals surface area contributed by atoms with E-state index in [1.165, 1.54) is 0 Å². The van der Waals surface area contributed by atoms with Crippen LogP contribution in [0.15, 0.2) is 34.9 Å². The molecule has 1 amide bonds. The van der Waals surface area contributed by atoms with Gasteiger partial charge in [0.15, 0.2) is 0 Å². The quantitative estimate of drug-likeness (QED) is 0.900. The second kappa shape index (κ2) is 7.63. The monoisotopic (exact) mass is 341 g/mol. The maximum absolute atomic E-state index is 12.1. The number of hydrogen-bond acceptors (Lipinski definition) is 4. The molecule has 1 saturated heterocycles. The molecular weight excluding hydrogens is 325 g/mol. The highest BCUT2D eigenvalue weighted by atomic mass is 35.5. The maximum Gasteiger partial charge on any atom is 0.290 e. The van der Waals surface area contributed by atoms with E-state index in [9.17, 15) is 4.79 Å². The number of benzene rings is 1. The normalized spacial score (nSPS) is 15.1. The number of carbonyl (C=O) groups is 1. The number of amides is 1. The van der Waals surface area contributed by atoms with Gasteiger partial charge in [-0.05, 0) is 38.1 Å². The van der Waals surface area contributed by atoms with E-state index >= 15 is 0 Å². The average Bonchev–Trinajstić information content (AvgIpc) is 2.98. The molecule has 0 aliphatic carbocycles. The van der Waals surface area contributed by atoms with E-state index in [0.717, 1.165) is 31.5 Å². The largest absolute Gasteiger partial charge is 0.350 e. The van der Waals surface area contributed by atoms with Gasteiger partial charge in [-0.25, -0.2) is 0 Å². The summed E-state index contributed by atoms with van der Waals surface area (Å²) in [5, 5.41) is 10.8. The first kappa shape index (κ1) is 16.8. The first-order chi connectivity index (χ1) is 10.2. The zero-order valence-electron chi connectivity index (χ0n) is 11.8. The SMILES string of the molecule is Cl.O=C(NC1CCNCC1)c1cc(-c2cccc(Cl)c2)no1. The highest BCUT2D eigenvalue weighted by Gasteiger charge is 2.19. The van der Waals surface area contributed by atoms with Gasteiger partial charge in [0.25, 0.3) is 5.91 Å².